The molecule has 0 aliphatic carbocycles. The Kier molecular flexibility index (Phi) is 3.29. The van der Waals surface area contributed by atoms with E-state index in [-0.39, 0.29) is 0 Å². The maximum atomic E-state index is 10.7. The van der Waals surface area contributed by atoms with Crippen molar-refractivity contribution in [3.8, 4) is 0 Å². The molecular weight excluding hydrogens is 263 g/mol. The molecule has 2 nitrogen and oxygen atoms in total. The molecule has 1 N–H and O–H groups in total. The predicted molar refractivity (Wildman–Crippen MR) is 52.9 cm³/mol. The van der Waals surface area contributed by atoms with Gasteiger partial charge in [0.2, 0.25) is 0 Å². The SMILES string of the molecule is Cc1cc(Cl)c(Br)cc1S(=O)O. The highest BCUT2D eigenvalue weighted by Gasteiger charge is 2.07. The molecule has 0 spiro atoms. The van der Waals surface area contributed by atoms with Gasteiger partial charge in [0.25, 0.3) is 0 Å². The molecule has 0 saturated carbocycles. The zero-order valence-corrected chi connectivity index (χ0v) is 9.33. The first-order valence-corrected chi connectivity index (χ1v) is 5.36. The molecule has 0 aliphatic rings. The smallest absolute Gasteiger partial charge is 0.186 e. The fraction of sp³-hybridized carbons (Fsp3) is 0.143. The largest absolute Gasteiger partial charge is 0.302 e. The standard InChI is InChI=1S/C7H6BrClO2S/c1-4-2-6(9)5(8)3-7(4)12(10)11/h2-3H,1H3,(H,10,11). The van der Waals surface area contributed by atoms with Crippen LogP contribution in [0.1, 0.15) is 5.56 Å². The van der Waals surface area contributed by atoms with Crippen LogP contribution >= 0.6 is 27.5 Å². The summed E-state index contributed by atoms with van der Waals surface area (Å²) in [7, 11) is 0. The summed E-state index contributed by atoms with van der Waals surface area (Å²) < 4.78 is 20.2. The molecule has 1 aromatic rings. The maximum Gasteiger partial charge on any atom is 0.186 e. The molecule has 0 fully saturated rings. The molecule has 0 heterocycles. The van der Waals surface area contributed by atoms with E-state index in [9.17, 15) is 4.21 Å². The first-order chi connectivity index (χ1) is 5.52. The molecule has 1 atom stereocenters. The number of aryl methyl sites for hydroxylation is 1. The van der Waals surface area contributed by atoms with E-state index in [4.69, 9.17) is 16.2 Å². The monoisotopic (exact) mass is 268 g/mol. The van der Waals surface area contributed by atoms with E-state index in [1.807, 2.05) is 0 Å². The Labute approximate surface area is 86.3 Å². The van der Waals surface area contributed by atoms with Crippen molar-refractivity contribution in [1.82, 2.24) is 0 Å². The Morgan fingerprint density at radius 3 is 2.67 bits per heavy atom. The van der Waals surface area contributed by atoms with Gasteiger partial charge < -0.3 is 4.55 Å². The molecule has 12 heavy (non-hydrogen) atoms. The highest BCUT2D eigenvalue weighted by atomic mass is 79.9. The van der Waals surface area contributed by atoms with Crippen LogP contribution in [0.2, 0.25) is 5.02 Å². The van der Waals surface area contributed by atoms with Crippen LogP contribution in [0, 0.1) is 6.92 Å². The summed E-state index contributed by atoms with van der Waals surface area (Å²) in [6, 6.07) is 3.20. The molecule has 1 rings (SSSR count). The molecule has 5 heteroatoms. The average Bonchev–Trinajstić information content (AvgIpc) is 1.96. The van der Waals surface area contributed by atoms with E-state index in [1.54, 1.807) is 19.1 Å². The second-order valence-electron chi connectivity index (χ2n) is 2.28. The summed E-state index contributed by atoms with van der Waals surface area (Å²) in [4.78, 5) is 0.381. The third-order valence-electron chi connectivity index (χ3n) is 1.41. The van der Waals surface area contributed by atoms with Gasteiger partial charge in [0.1, 0.15) is 0 Å². The zero-order chi connectivity index (χ0) is 9.30. The van der Waals surface area contributed by atoms with Gasteiger partial charge in [-0.05, 0) is 40.5 Å². The molecule has 66 valence electrons. The second kappa shape index (κ2) is 3.87. The molecule has 0 radical (unpaired) electrons. The van der Waals surface area contributed by atoms with Gasteiger partial charge in [-0.2, -0.15) is 0 Å². The second-order valence-corrected chi connectivity index (χ2v) is 4.48. The van der Waals surface area contributed by atoms with E-state index in [0.29, 0.717) is 20.0 Å². The number of hydrogen-bond donors (Lipinski definition) is 1. The lowest BCUT2D eigenvalue weighted by molar-refractivity contribution is 0.563. The van der Waals surface area contributed by atoms with Gasteiger partial charge in [0, 0.05) is 4.47 Å². The minimum absolute atomic E-state index is 0.381. The van der Waals surface area contributed by atoms with Crippen LogP contribution in [-0.2, 0) is 11.1 Å². The molecule has 0 saturated heterocycles. The van der Waals surface area contributed by atoms with Crippen molar-refractivity contribution in [2.45, 2.75) is 11.8 Å². The van der Waals surface area contributed by atoms with Gasteiger partial charge in [-0.3, -0.25) is 0 Å². The average molecular weight is 270 g/mol. The predicted octanol–water partition coefficient (Wildman–Crippen LogP) is 2.99. The van der Waals surface area contributed by atoms with Crippen molar-refractivity contribution in [1.29, 1.82) is 0 Å². The highest BCUT2D eigenvalue weighted by Crippen LogP contribution is 2.27. The van der Waals surface area contributed by atoms with Crippen molar-refractivity contribution < 1.29 is 8.76 Å². The van der Waals surface area contributed by atoms with Gasteiger partial charge in [0.05, 0.1) is 9.92 Å². The van der Waals surface area contributed by atoms with E-state index < -0.39 is 11.1 Å². The number of halogens is 2. The van der Waals surface area contributed by atoms with Crippen molar-refractivity contribution in [2.24, 2.45) is 0 Å². The Hall–Kier alpha value is 0.1000. The molecule has 0 aromatic heterocycles. The van der Waals surface area contributed by atoms with Gasteiger partial charge in [0.15, 0.2) is 11.1 Å². The van der Waals surface area contributed by atoms with Crippen LogP contribution in [0.5, 0.6) is 0 Å². The van der Waals surface area contributed by atoms with Crippen LogP contribution in [0.4, 0.5) is 0 Å². The zero-order valence-electron chi connectivity index (χ0n) is 6.17. The van der Waals surface area contributed by atoms with E-state index in [1.165, 1.54) is 0 Å². The van der Waals surface area contributed by atoms with E-state index in [0.717, 1.165) is 0 Å². The first-order valence-electron chi connectivity index (χ1n) is 3.09. The van der Waals surface area contributed by atoms with Crippen molar-refractivity contribution in [2.75, 3.05) is 0 Å². The lowest BCUT2D eigenvalue weighted by Gasteiger charge is -2.02. The Balaban J connectivity index is 3.33. The lowest BCUT2D eigenvalue weighted by Crippen LogP contribution is -1.92. The summed E-state index contributed by atoms with van der Waals surface area (Å²) >= 11 is 6.99. The third-order valence-corrected chi connectivity index (χ3v) is 3.42. The summed E-state index contributed by atoms with van der Waals surface area (Å²) in [5, 5.41) is 0.543. The number of rotatable bonds is 1. The molecule has 0 bridgehead atoms. The normalized spacial score (nSPS) is 13.0. The Morgan fingerprint density at radius 1 is 1.58 bits per heavy atom. The number of benzene rings is 1. The molecule has 1 aromatic carbocycles. The number of hydrogen-bond acceptors (Lipinski definition) is 1. The molecular formula is C7H6BrClO2S. The third kappa shape index (κ3) is 2.07. The molecule has 0 amide bonds. The fourth-order valence-corrected chi connectivity index (χ4v) is 2.08. The van der Waals surface area contributed by atoms with Gasteiger partial charge in [-0.25, -0.2) is 4.21 Å². The Morgan fingerprint density at radius 2 is 2.17 bits per heavy atom. The first kappa shape index (κ1) is 10.2. The van der Waals surface area contributed by atoms with Crippen LogP contribution in [0.25, 0.3) is 0 Å². The van der Waals surface area contributed by atoms with Crippen molar-refractivity contribution in [3.63, 3.8) is 0 Å². The topological polar surface area (TPSA) is 37.3 Å². The van der Waals surface area contributed by atoms with Crippen LogP contribution in [0.3, 0.4) is 0 Å². The minimum atomic E-state index is -1.95. The van der Waals surface area contributed by atoms with Crippen molar-refractivity contribution in [3.05, 3.63) is 27.2 Å². The lowest BCUT2D eigenvalue weighted by atomic mass is 10.2. The van der Waals surface area contributed by atoms with Crippen LogP contribution < -0.4 is 0 Å². The fourth-order valence-electron chi connectivity index (χ4n) is 0.816. The Bertz CT molecular complexity index is 340. The van der Waals surface area contributed by atoms with Gasteiger partial charge >= 0.3 is 0 Å². The van der Waals surface area contributed by atoms with Crippen LogP contribution in [-0.4, -0.2) is 8.76 Å². The summed E-state index contributed by atoms with van der Waals surface area (Å²) in [6.07, 6.45) is 0. The summed E-state index contributed by atoms with van der Waals surface area (Å²) in [5.41, 5.74) is 0.712. The summed E-state index contributed by atoms with van der Waals surface area (Å²) in [6.45, 7) is 1.74. The van der Waals surface area contributed by atoms with Crippen molar-refractivity contribution >= 4 is 38.6 Å². The van der Waals surface area contributed by atoms with Gasteiger partial charge in [-0.15, -0.1) is 0 Å². The van der Waals surface area contributed by atoms with E-state index >= 15 is 0 Å². The molecule has 1 unspecified atom stereocenters. The van der Waals surface area contributed by atoms with E-state index in [2.05, 4.69) is 15.9 Å². The quantitative estimate of drug-likeness (QED) is 0.796. The van der Waals surface area contributed by atoms with Crippen LogP contribution in [0.15, 0.2) is 21.5 Å². The maximum absolute atomic E-state index is 10.7. The van der Waals surface area contributed by atoms with Gasteiger partial charge in [-0.1, -0.05) is 11.6 Å². The molecule has 0 aliphatic heterocycles. The summed E-state index contributed by atoms with van der Waals surface area (Å²) in [5.74, 6) is 0. The minimum Gasteiger partial charge on any atom is -0.302 e. The highest BCUT2D eigenvalue weighted by molar-refractivity contribution is 9.10.